The monoisotopic (exact) mass is 730 g/mol. The van der Waals surface area contributed by atoms with E-state index in [0.29, 0.717) is 92.8 Å². The molecular formula is C44H26N8O4. The molecular weight excluding hydrogens is 705 g/mol. The minimum atomic E-state index is 0.293. The Kier molecular flexibility index (Phi) is 8.44. The van der Waals surface area contributed by atoms with Crippen LogP contribution in [0.2, 0.25) is 0 Å². The summed E-state index contributed by atoms with van der Waals surface area (Å²) in [7, 11) is 0. The summed E-state index contributed by atoms with van der Waals surface area (Å²) in [6.45, 7) is 0. The van der Waals surface area contributed by atoms with E-state index in [9.17, 15) is 19.2 Å². The molecule has 0 unspecified atom stereocenters. The maximum atomic E-state index is 11.5. The van der Waals surface area contributed by atoms with Crippen molar-refractivity contribution in [2.75, 3.05) is 0 Å². The lowest BCUT2D eigenvalue weighted by Crippen LogP contribution is -1.93. The third kappa shape index (κ3) is 6.02. The van der Waals surface area contributed by atoms with E-state index >= 15 is 0 Å². The van der Waals surface area contributed by atoms with Crippen molar-refractivity contribution in [3.05, 3.63) is 143 Å². The smallest absolute Gasteiger partial charge is 0.168 e. The molecule has 2 N–H and O–H groups in total. The number of aromatic amines is 2. The Labute approximate surface area is 317 Å². The number of nitrogens with zero attached hydrogens (tertiary/aromatic N) is 6. The molecule has 0 fully saturated rings. The maximum Gasteiger partial charge on any atom is 0.168 e. The molecule has 0 spiro atoms. The summed E-state index contributed by atoms with van der Waals surface area (Å²) in [6.07, 6.45) is 17.0. The number of nitrogens with one attached hydrogen (secondary N) is 2. The molecule has 56 heavy (non-hydrogen) atoms. The number of rotatable bonds is 8. The van der Waals surface area contributed by atoms with Crippen LogP contribution in [0.5, 0.6) is 0 Å². The number of hydrogen-bond acceptors (Lipinski definition) is 10. The van der Waals surface area contributed by atoms with Crippen LogP contribution in [0, 0.1) is 0 Å². The van der Waals surface area contributed by atoms with E-state index in [1.54, 1.807) is 49.1 Å². The highest BCUT2D eigenvalue weighted by Gasteiger charge is 2.19. The Morgan fingerprint density at radius 1 is 0.339 bits per heavy atom. The van der Waals surface area contributed by atoms with Crippen LogP contribution in [-0.4, -0.2) is 65.0 Å². The van der Waals surface area contributed by atoms with Crippen LogP contribution in [0.1, 0.15) is 64.7 Å². The zero-order valence-electron chi connectivity index (χ0n) is 29.2. The van der Waals surface area contributed by atoms with Crippen molar-refractivity contribution in [1.29, 1.82) is 0 Å². The lowest BCUT2D eigenvalue weighted by molar-refractivity contribution is 0.111. The molecule has 0 radical (unpaired) electrons. The zero-order valence-corrected chi connectivity index (χ0v) is 29.2. The number of H-pyrrole nitrogens is 2. The molecule has 0 saturated heterocycles. The second-order valence-corrected chi connectivity index (χ2v) is 12.9. The van der Waals surface area contributed by atoms with E-state index in [-0.39, 0.29) is 0 Å². The Bertz CT molecular complexity index is 2570. The number of carbonyl (C=O) groups excluding carboxylic acids is 4. The van der Waals surface area contributed by atoms with Crippen molar-refractivity contribution in [3.8, 4) is 44.5 Å². The molecule has 8 bridgehead atoms. The summed E-state index contributed by atoms with van der Waals surface area (Å²) in [5, 5.41) is 0. The number of hydrogen-bond donors (Lipinski definition) is 2. The molecule has 7 aromatic heterocycles. The van der Waals surface area contributed by atoms with E-state index in [1.807, 2.05) is 72.8 Å². The second-order valence-electron chi connectivity index (χ2n) is 12.9. The summed E-state index contributed by atoms with van der Waals surface area (Å²) in [5.41, 5.74) is 12.3. The lowest BCUT2D eigenvalue weighted by atomic mass is 10.1. The van der Waals surface area contributed by atoms with Gasteiger partial charge in [0.2, 0.25) is 0 Å². The SMILES string of the molecule is O=Cc1ccc(-c2c3nc(c(-c4ccc(C=O)nc4)c4ccc([nH]4)c(-c4ccc(C=O)nc4)c4nc(c(-c5ccc(C=O)nc5)c5ccc2[nH]5)C=C4)C=C3)cn1. The van der Waals surface area contributed by atoms with E-state index < -0.39 is 0 Å². The van der Waals surface area contributed by atoms with E-state index in [1.165, 1.54) is 0 Å². The number of fused-ring (bicyclic) bond motifs is 8. The van der Waals surface area contributed by atoms with Crippen LogP contribution in [0.4, 0.5) is 0 Å². The van der Waals surface area contributed by atoms with Crippen molar-refractivity contribution in [2.24, 2.45) is 0 Å². The average Bonchev–Trinajstić information content (AvgIpc) is 4.10. The zero-order chi connectivity index (χ0) is 38.2. The molecule has 0 saturated carbocycles. The van der Waals surface area contributed by atoms with Gasteiger partial charge >= 0.3 is 0 Å². The van der Waals surface area contributed by atoms with Gasteiger partial charge < -0.3 is 9.97 Å². The number of pyridine rings is 4. The summed E-state index contributed by atoms with van der Waals surface area (Å²) in [6, 6.07) is 21.7. The molecule has 0 aromatic carbocycles. The molecule has 9 heterocycles. The minimum Gasteiger partial charge on any atom is -0.354 e. The summed E-state index contributed by atoms with van der Waals surface area (Å²) < 4.78 is 0. The number of carbonyl (C=O) groups is 4. The predicted molar refractivity (Wildman–Crippen MR) is 213 cm³/mol. The van der Waals surface area contributed by atoms with Crippen LogP contribution in [0.15, 0.2) is 97.6 Å². The fraction of sp³-hybridized carbons (Fsp3) is 0. The van der Waals surface area contributed by atoms with Gasteiger partial charge in [-0.1, -0.05) is 24.3 Å². The van der Waals surface area contributed by atoms with Gasteiger partial charge in [-0.3, -0.25) is 39.1 Å². The molecule has 9 rings (SSSR count). The molecule has 2 aliphatic rings. The third-order valence-corrected chi connectivity index (χ3v) is 9.54. The molecule has 0 atom stereocenters. The van der Waals surface area contributed by atoms with Crippen molar-refractivity contribution in [1.82, 2.24) is 39.9 Å². The summed E-state index contributed by atoms with van der Waals surface area (Å²) in [5.74, 6) is 0. The first-order valence-electron chi connectivity index (χ1n) is 17.4. The lowest BCUT2D eigenvalue weighted by Gasteiger charge is -2.07. The van der Waals surface area contributed by atoms with Crippen molar-refractivity contribution in [3.63, 3.8) is 0 Å². The second kappa shape index (κ2) is 14.0. The standard InChI is InChI=1S/C44H26N8O4/c53-21-29-5-1-25(17-45-29)41-33-9-11-35(49-33)42(26-2-6-30(22-54)46-18-26)37-13-15-39(51-37)44(28-4-8-32(24-56)48-20-28)40-16-14-38(52-40)43(36-12-10-34(41)50-36)27-3-7-31(23-55)47-19-27/h1-24,49,52H. The largest absolute Gasteiger partial charge is 0.354 e. The highest BCUT2D eigenvalue weighted by atomic mass is 16.1. The number of aldehydes is 4. The average molecular weight is 731 g/mol. The fourth-order valence-electron chi connectivity index (χ4n) is 6.91. The van der Waals surface area contributed by atoms with Crippen LogP contribution in [0.25, 0.3) is 90.9 Å². The molecule has 12 heteroatoms. The Morgan fingerprint density at radius 2 is 0.589 bits per heavy atom. The summed E-state index contributed by atoms with van der Waals surface area (Å²) >= 11 is 0. The van der Waals surface area contributed by atoms with E-state index in [4.69, 9.17) is 9.97 Å². The van der Waals surface area contributed by atoms with Crippen molar-refractivity contribution < 1.29 is 19.2 Å². The van der Waals surface area contributed by atoms with Crippen molar-refractivity contribution in [2.45, 2.75) is 0 Å². The van der Waals surface area contributed by atoms with Gasteiger partial charge in [-0.05, 0) is 72.8 Å². The highest BCUT2D eigenvalue weighted by molar-refractivity contribution is 6.00. The van der Waals surface area contributed by atoms with Crippen molar-refractivity contribution >= 4 is 71.5 Å². The topological polar surface area (TPSA) is 177 Å². The quantitative estimate of drug-likeness (QED) is 0.145. The fourth-order valence-corrected chi connectivity index (χ4v) is 6.91. The number of aromatic nitrogens is 8. The Morgan fingerprint density at radius 3 is 0.786 bits per heavy atom. The summed E-state index contributed by atoms with van der Waals surface area (Å²) in [4.78, 5) is 81.2. The normalized spacial score (nSPS) is 11.7. The molecule has 7 aromatic rings. The Hall–Kier alpha value is -8.12. The highest BCUT2D eigenvalue weighted by Crippen LogP contribution is 2.38. The first-order valence-corrected chi connectivity index (χ1v) is 17.4. The van der Waals surface area contributed by atoms with Gasteiger partial charge in [-0.2, -0.15) is 0 Å². The molecule has 266 valence electrons. The van der Waals surface area contributed by atoms with Gasteiger partial charge in [0, 0.05) is 91.4 Å². The van der Waals surface area contributed by atoms with Crippen LogP contribution in [-0.2, 0) is 0 Å². The first-order chi connectivity index (χ1) is 27.5. The van der Waals surface area contributed by atoms with Gasteiger partial charge in [0.05, 0.1) is 22.8 Å². The van der Waals surface area contributed by atoms with E-state index in [2.05, 4.69) is 29.9 Å². The first kappa shape index (κ1) is 33.7. The third-order valence-electron chi connectivity index (χ3n) is 9.54. The molecule has 12 nitrogen and oxygen atoms in total. The van der Waals surface area contributed by atoms with Gasteiger partial charge in [0.25, 0.3) is 0 Å². The molecule has 0 aliphatic carbocycles. The van der Waals surface area contributed by atoms with Gasteiger partial charge in [-0.25, -0.2) is 9.97 Å². The molecule has 2 aliphatic heterocycles. The van der Waals surface area contributed by atoms with Gasteiger partial charge in [0.1, 0.15) is 22.8 Å². The predicted octanol–water partition coefficient (Wildman–Crippen LogP) is 8.15. The van der Waals surface area contributed by atoms with Crippen LogP contribution in [0.3, 0.4) is 0 Å². The van der Waals surface area contributed by atoms with Gasteiger partial charge in [-0.15, -0.1) is 0 Å². The van der Waals surface area contributed by atoms with Gasteiger partial charge in [0.15, 0.2) is 25.1 Å². The minimum absolute atomic E-state index is 0.293. The van der Waals surface area contributed by atoms with E-state index in [0.717, 1.165) is 44.5 Å². The maximum absolute atomic E-state index is 11.5. The van der Waals surface area contributed by atoms with Crippen LogP contribution >= 0.6 is 0 Å². The molecule has 0 amide bonds. The Balaban J connectivity index is 1.45. The van der Waals surface area contributed by atoms with Crippen LogP contribution < -0.4 is 0 Å².